The molecule has 1 atom stereocenters. The number of carboxylic acids is 1. The van der Waals surface area contributed by atoms with E-state index in [1.54, 1.807) is 18.2 Å². The van der Waals surface area contributed by atoms with Gasteiger partial charge in [0.2, 0.25) is 0 Å². The fraction of sp³-hybridized carbons (Fsp3) is 0.227. The Morgan fingerprint density at radius 2 is 2.03 bits per heavy atom. The lowest BCUT2D eigenvalue weighted by Crippen LogP contribution is -2.28. The second kappa shape index (κ2) is 6.55. The van der Waals surface area contributed by atoms with Crippen LogP contribution in [0.5, 0.6) is 0 Å². The van der Waals surface area contributed by atoms with Crippen LogP contribution in [0.15, 0.2) is 46.9 Å². The minimum absolute atomic E-state index is 0.166. The molecule has 0 radical (unpaired) electrons. The Labute approximate surface area is 165 Å². The maximum Gasteiger partial charge on any atom is 0.335 e. The molecule has 1 fully saturated rings. The summed E-state index contributed by atoms with van der Waals surface area (Å²) in [5.74, 6) is -0.168. The van der Waals surface area contributed by atoms with Crippen molar-refractivity contribution in [3.63, 3.8) is 0 Å². The fourth-order valence-corrected chi connectivity index (χ4v) is 3.92. The lowest BCUT2D eigenvalue weighted by molar-refractivity contribution is 0.0697. The number of fused-ring (bicyclic) bond motifs is 2. The standard InChI is InChI=1S/C22H18FN3O3/c1-12-3-2-8-26(12)21-20(19-11-14-9-15(23)5-7-18(14)29-19)24-16-6-4-13(22(27)28)10-17(16)25-21/h4-7,9-12H,2-3,8H2,1H3,(H,27,28). The van der Waals surface area contributed by atoms with Gasteiger partial charge in [0.05, 0.1) is 16.6 Å². The molecule has 1 saturated heterocycles. The van der Waals surface area contributed by atoms with Crippen LogP contribution in [-0.2, 0) is 0 Å². The lowest BCUT2D eigenvalue weighted by atomic mass is 10.1. The van der Waals surface area contributed by atoms with Crippen molar-refractivity contribution in [3.05, 3.63) is 53.8 Å². The van der Waals surface area contributed by atoms with E-state index in [2.05, 4.69) is 11.8 Å². The Bertz CT molecular complexity index is 1270. The monoisotopic (exact) mass is 391 g/mol. The lowest BCUT2D eigenvalue weighted by Gasteiger charge is -2.24. The van der Waals surface area contributed by atoms with E-state index in [9.17, 15) is 14.3 Å². The Balaban J connectivity index is 1.75. The Morgan fingerprint density at radius 3 is 2.79 bits per heavy atom. The summed E-state index contributed by atoms with van der Waals surface area (Å²) < 4.78 is 19.6. The SMILES string of the molecule is CC1CCCN1c1nc2cc(C(=O)O)ccc2nc1-c1cc2cc(F)ccc2o1. The number of hydrogen-bond acceptors (Lipinski definition) is 5. The van der Waals surface area contributed by atoms with Crippen LogP contribution in [-0.4, -0.2) is 33.6 Å². The van der Waals surface area contributed by atoms with Gasteiger partial charge >= 0.3 is 5.97 Å². The van der Waals surface area contributed by atoms with Crippen molar-refractivity contribution in [2.45, 2.75) is 25.8 Å². The van der Waals surface area contributed by atoms with Gasteiger partial charge in [0, 0.05) is 18.0 Å². The molecule has 7 heteroatoms. The zero-order chi connectivity index (χ0) is 20.1. The van der Waals surface area contributed by atoms with Gasteiger partial charge in [-0.05, 0) is 62.2 Å². The average molecular weight is 391 g/mol. The molecule has 1 aliphatic heterocycles. The third-order valence-corrected chi connectivity index (χ3v) is 5.43. The Hall–Kier alpha value is -3.48. The summed E-state index contributed by atoms with van der Waals surface area (Å²) in [5.41, 5.74) is 2.41. The topological polar surface area (TPSA) is 79.5 Å². The second-order valence-corrected chi connectivity index (χ2v) is 7.38. The van der Waals surface area contributed by atoms with Gasteiger partial charge in [0.1, 0.15) is 17.1 Å². The van der Waals surface area contributed by atoms with Crippen molar-refractivity contribution in [1.29, 1.82) is 0 Å². The van der Waals surface area contributed by atoms with Crippen LogP contribution in [0.4, 0.5) is 10.2 Å². The first kappa shape index (κ1) is 17.6. The third kappa shape index (κ3) is 2.99. The van der Waals surface area contributed by atoms with Crippen LogP contribution < -0.4 is 4.90 Å². The highest BCUT2D eigenvalue weighted by Gasteiger charge is 2.27. The minimum atomic E-state index is -1.01. The van der Waals surface area contributed by atoms with Gasteiger partial charge in [-0.3, -0.25) is 0 Å². The minimum Gasteiger partial charge on any atom is -0.478 e. The number of aromatic carboxylic acids is 1. The summed E-state index contributed by atoms with van der Waals surface area (Å²) in [6, 6.07) is 11.1. The maximum absolute atomic E-state index is 13.6. The highest BCUT2D eigenvalue weighted by Crippen LogP contribution is 2.36. The van der Waals surface area contributed by atoms with Crippen LogP contribution in [0.2, 0.25) is 0 Å². The van der Waals surface area contributed by atoms with Crippen molar-refractivity contribution in [3.8, 4) is 11.5 Å². The van der Waals surface area contributed by atoms with Gasteiger partial charge in [-0.1, -0.05) is 0 Å². The van der Waals surface area contributed by atoms with Gasteiger partial charge in [-0.15, -0.1) is 0 Å². The van der Waals surface area contributed by atoms with Gasteiger partial charge < -0.3 is 14.4 Å². The molecular weight excluding hydrogens is 373 g/mol. The number of carboxylic acid groups (broad SMARTS) is 1. The molecule has 5 rings (SSSR count). The predicted molar refractivity (Wildman–Crippen MR) is 108 cm³/mol. The van der Waals surface area contributed by atoms with Crippen LogP contribution in [0.1, 0.15) is 30.1 Å². The predicted octanol–water partition coefficient (Wildman–Crippen LogP) is 4.87. The molecule has 2 aromatic carbocycles. The molecule has 4 aromatic rings. The first-order chi connectivity index (χ1) is 14.0. The molecule has 0 bridgehead atoms. The molecule has 3 heterocycles. The summed E-state index contributed by atoms with van der Waals surface area (Å²) in [7, 11) is 0. The number of benzene rings is 2. The summed E-state index contributed by atoms with van der Waals surface area (Å²) in [5, 5.41) is 9.95. The molecule has 0 amide bonds. The smallest absolute Gasteiger partial charge is 0.335 e. The van der Waals surface area contributed by atoms with Gasteiger partial charge in [-0.25, -0.2) is 19.2 Å². The number of aromatic nitrogens is 2. The molecule has 146 valence electrons. The average Bonchev–Trinajstić information content (AvgIpc) is 3.31. The maximum atomic E-state index is 13.6. The van der Waals surface area contributed by atoms with Crippen molar-refractivity contribution in [2.75, 3.05) is 11.4 Å². The van der Waals surface area contributed by atoms with E-state index in [1.807, 2.05) is 0 Å². The van der Waals surface area contributed by atoms with Gasteiger partial charge in [0.15, 0.2) is 11.6 Å². The highest BCUT2D eigenvalue weighted by molar-refractivity contribution is 5.94. The Kier molecular flexibility index (Phi) is 3.97. The second-order valence-electron chi connectivity index (χ2n) is 7.38. The number of nitrogens with zero attached hydrogens (tertiary/aromatic N) is 3. The van der Waals surface area contributed by atoms with Crippen LogP contribution in [0, 0.1) is 5.82 Å². The van der Waals surface area contributed by atoms with Crippen molar-refractivity contribution < 1.29 is 18.7 Å². The number of halogens is 1. The molecule has 1 N–H and O–H groups in total. The number of anilines is 1. The van der Waals surface area contributed by atoms with Gasteiger partial charge in [0.25, 0.3) is 0 Å². The quantitative estimate of drug-likeness (QED) is 0.537. The van der Waals surface area contributed by atoms with Gasteiger partial charge in [-0.2, -0.15) is 0 Å². The molecule has 0 aliphatic carbocycles. The summed E-state index contributed by atoms with van der Waals surface area (Å²) >= 11 is 0. The molecule has 29 heavy (non-hydrogen) atoms. The van der Waals surface area contributed by atoms with Crippen LogP contribution in [0.3, 0.4) is 0 Å². The summed E-state index contributed by atoms with van der Waals surface area (Å²) in [6.07, 6.45) is 2.08. The first-order valence-electron chi connectivity index (χ1n) is 9.51. The molecule has 1 aliphatic rings. The number of hydrogen-bond donors (Lipinski definition) is 1. The zero-order valence-electron chi connectivity index (χ0n) is 15.7. The number of furan rings is 1. The first-order valence-corrected chi connectivity index (χ1v) is 9.51. The van der Waals surface area contributed by atoms with E-state index in [0.29, 0.717) is 39.3 Å². The van der Waals surface area contributed by atoms with E-state index >= 15 is 0 Å². The third-order valence-electron chi connectivity index (χ3n) is 5.43. The van der Waals surface area contributed by atoms with Crippen LogP contribution in [0.25, 0.3) is 33.5 Å². The van der Waals surface area contributed by atoms with E-state index in [-0.39, 0.29) is 17.4 Å². The molecule has 0 spiro atoms. The number of carbonyl (C=O) groups is 1. The van der Waals surface area contributed by atoms with E-state index in [4.69, 9.17) is 14.4 Å². The summed E-state index contributed by atoms with van der Waals surface area (Å²) in [6.45, 7) is 2.96. The zero-order valence-corrected chi connectivity index (χ0v) is 15.7. The normalized spacial score (nSPS) is 16.8. The summed E-state index contributed by atoms with van der Waals surface area (Å²) in [4.78, 5) is 23.1. The largest absolute Gasteiger partial charge is 0.478 e. The molecular formula is C22H18FN3O3. The van der Waals surface area contributed by atoms with Crippen molar-refractivity contribution in [1.82, 2.24) is 9.97 Å². The Morgan fingerprint density at radius 1 is 1.17 bits per heavy atom. The fourth-order valence-electron chi connectivity index (χ4n) is 3.92. The highest BCUT2D eigenvalue weighted by atomic mass is 19.1. The molecule has 1 unspecified atom stereocenters. The van der Waals surface area contributed by atoms with Crippen LogP contribution >= 0.6 is 0 Å². The number of rotatable bonds is 3. The van der Waals surface area contributed by atoms with Crippen molar-refractivity contribution >= 4 is 33.8 Å². The van der Waals surface area contributed by atoms with Crippen molar-refractivity contribution in [2.24, 2.45) is 0 Å². The molecule has 6 nitrogen and oxygen atoms in total. The van der Waals surface area contributed by atoms with E-state index < -0.39 is 5.97 Å². The van der Waals surface area contributed by atoms with E-state index in [1.165, 1.54) is 24.3 Å². The molecule has 0 saturated carbocycles. The van der Waals surface area contributed by atoms with E-state index in [0.717, 1.165) is 19.4 Å². The molecule has 2 aromatic heterocycles.